The van der Waals surface area contributed by atoms with Gasteiger partial charge in [-0.15, -0.1) is 16.8 Å². The second kappa shape index (κ2) is 13.5. The Balaban J connectivity index is 1.58. The Morgan fingerprint density at radius 1 is 1.17 bits per heavy atom. The fourth-order valence-electron chi connectivity index (χ4n) is 3.27. The van der Waals surface area contributed by atoms with Crippen LogP contribution < -0.4 is 10.1 Å². The van der Waals surface area contributed by atoms with E-state index in [9.17, 15) is 9.59 Å². The molecule has 190 valence electrons. The van der Waals surface area contributed by atoms with Crippen molar-refractivity contribution in [2.45, 2.75) is 51.4 Å². The third-order valence-electron chi connectivity index (χ3n) is 5.17. The predicted octanol–water partition coefficient (Wildman–Crippen LogP) is 5.46. The molecule has 0 saturated carbocycles. The second-order valence-corrected chi connectivity index (χ2v) is 9.31. The van der Waals surface area contributed by atoms with E-state index >= 15 is 0 Å². The molecule has 3 rings (SSSR count). The van der Waals surface area contributed by atoms with Crippen molar-refractivity contribution >= 4 is 29.3 Å². The molecule has 0 atom stereocenters. The second-order valence-electron chi connectivity index (χ2n) is 8.36. The van der Waals surface area contributed by atoms with Gasteiger partial charge in [-0.25, -0.2) is 4.79 Å². The molecule has 0 saturated heterocycles. The van der Waals surface area contributed by atoms with E-state index < -0.39 is 5.97 Å². The highest BCUT2D eigenvalue weighted by Crippen LogP contribution is 2.22. The van der Waals surface area contributed by atoms with Gasteiger partial charge in [-0.1, -0.05) is 56.8 Å². The van der Waals surface area contributed by atoms with E-state index in [0.29, 0.717) is 41.3 Å². The van der Waals surface area contributed by atoms with Gasteiger partial charge in [-0.2, -0.15) is 0 Å². The molecular weight excluding hydrogens is 476 g/mol. The quantitative estimate of drug-likeness (QED) is 0.186. The van der Waals surface area contributed by atoms with Crippen molar-refractivity contribution < 1.29 is 19.1 Å². The number of rotatable bonds is 13. The molecule has 0 fully saturated rings. The maximum Gasteiger partial charge on any atom is 0.338 e. The summed E-state index contributed by atoms with van der Waals surface area (Å²) in [5.74, 6) is 1.33. The van der Waals surface area contributed by atoms with Gasteiger partial charge in [0.2, 0.25) is 5.91 Å². The zero-order valence-electron chi connectivity index (χ0n) is 20.9. The number of carbonyl (C=O) groups is 2. The van der Waals surface area contributed by atoms with Gasteiger partial charge in [0.05, 0.1) is 17.9 Å². The molecule has 0 spiro atoms. The summed E-state index contributed by atoms with van der Waals surface area (Å²) in [4.78, 5) is 24.6. The van der Waals surface area contributed by atoms with Gasteiger partial charge in [0.15, 0.2) is 11.0 Å². The molecule has 3 aromatic rings. The summed E-state index contributed by atoms with van der Waals surface area (Å²) in [5.41, 5.74) is 2.16. The van der Waals surface area contributed by atoms with Crippen LogP contribution in [0.2, 0.25) is 0 Å². The predicted molar refractivity (Wildman–Crippen MR) is 141 cm³/mol. The van der Waals surface area contributed by atoms with E-state index in [-0.39, 0.29) is 18.3 Å². The summed E-state index contributed by atoms with van der Waals surface area (Å²) in [5, 5.41) is 11.9. The Labute approximate surface area is 216 Å². The number of anilines is 1. The van der Waals surface area contributed by atoms with Crippen LogP contribution >= 0.6 is 11.8 Å². The lowest BCUT2D eigenvalue weighted by Gasteiger charge is -2.11. The van der Waals surface area contributed by atoms with E-state index in [2.05, 4.69) is 48.1 Å². The standard InChI is InChI=1S/C27H32N4O4S/c1-5-14-31-24(17-35-23-12-10-20(11-13-23)19(3)4)29-30-27(31)36-18-25(32)28-22-9-7-8-21(16-22)26(33)34-15-6-2/h5,7-13,16,19H,1,6,14-15,17-18H2,2-4H3,(H,28,32). The largest absolute Gasteiger partial charge is 0.486 e. The summed E-state index contributed by atoms with van der Waals surface area (Å²) in [6, 6.07) is 14.7. The van der Waals surface area contributed by atoms with Gasteiger partial charge >= 0.3 is 5.97 Å². The van der Waals surface area contributed by atoms with E-state index in [0.717, 1.165) is 12.2 Å². The lowest BCUT2D eigenvalue weighted by Crippen LogP contribution is -2.15. The zero-order chi connectivity index (χ0) is 25.9. The monoisotopic (exact) mass is 508 g/mol. The highest BCUT2D eigenvalue weighted by Gasteiger charge is 2.15. The fraction of sp³-hybridized carbons (Fsp3) is 0.333. The van der Waals surface area contributed by atoms with Crippen LogP contribution in [0.5, 0.6) is 5.75 Å². The Morgan fingerprint density at radius 3 is 2.64 bits per heavy atom. The first kappa shape index (κ1) is 27.0. The van der Waals surface area contributed by atoms with Crippen LogP contribution in [-0.4, -0.2) is 39.0 Å². The first-order chi connectivity index (χ1) is 17.4. The number of aromatic nitrogens is 3. The summed E-state index contributed by atoms with van der Waals surface area (Å²) in [7, 11) is 0. The molecule has 0 radical (unpaired) electrons. The molecule has 9 heteroatoms. The molecule has 0 bridgehead atoms. The van der Waals surface area contributed by atoms with Crippen molar-refractivity contribution in [3.63, 3.8) is 0 Å². The van der Waals surface area contributed by atoms with Crippen LogP contribution in [0.1, 0.15) is 54.9 Å². The summed E-state index contributed by atoms with van der Waals surface area (Å²) >= 11 is 1.27. The number of amides is 1. The van der Waals surface area contributed by atoms with Crippen molar-refractivity contribution in [2.24, 2.45) is 0 Å². The minimum Gasteiger partial charge on any atom is -0.486 e. The minimum atomic E-state index is -0.412. The number of hydrogen-bond donors (Lipinski definition) is 1. The molecule has 1 aromatic heterocycles. The Bertz CT molecular complexity index is 1170. The molecular formula is C27H32N4O4S. The van der Waals surface area contributed by atoms with Crippen LogP contribution in [0.4, 0.5) is 5.69 Å². The number of esters is 1. The Kier molecular flexibility index (Phi) is 10.1. The molecule has 36 heavy (non-hydrogen) atoms. The third-order valence-corrected chi connectivity index (χ3v) is 6.14. The molecule has 1 N–H and O–H groups in total. The Morgan fingerprint density at radius 2 is 1.94 bits per heavy atom. The lowest BCUT2D eigenvalue weighted by atomic mass is 10.0. The fourth-order valence-corrected chi connectivity index (χ4v) is 4.04. The van der Waals surface area contributed by atoms with Crippen LogP contribution in [-0.2, 0) is 22.7 Å². The van der Waals surface area contributed by atoms with Crippen LogP contribution in [0.3, 0.4) is 0 Å². The lowest BCUT2D eigenvalue weighted by molar-refractivity contribution is -0.113. The molecule has 0 unspecified atom stereocenters. The Hall–Kier alpha value is -3.59. The molecule has 1 heterocycles. The summed E-state index contributed by atoms with van der Waals surface area (Å²) in [6.45, 7) is 11.1. The van der Waals surface area contributed by atoms with Gasteiger partial charge < -0.3 is 14.8 Å². The van der Waals surface area contributed by atoms with E-state index in [1.54, 1.807) is 30.3 Å². The highest BCUT2D eigenvalue weighted by molar-refractivity contribution is 7.99. The van der Waals surface area contributed by atoms with Gasteiger partial charge in [0.1, 0.15) is 12.4 Å². The maximum atomic E-state index is 12.6. The van der Waals surface area contributed by atoms with Crippen molar-refractivity contribution in [1.29, 1.82) is 0 Å². The average Bonchev–Trinajstić information content (AvgIpc) is 3.26. The number of allylic oxidation sites excluding steroid dienone is 1. The smallest absolute Gasteiger partial charge is 0.338 e. The van der Waals surface area contributed by atoms with Gasteiger partial charge in [-0.3, -0.25) is 9.36 Å². The molecule has 1 amide bonds. The van der Waals surface area contributed by atoms with Crippen LogP contribution in [0.25, 0.3) is 0 Å². The number of thioether (sulfide) groups is 1. The normalized spacial score (nSPS) is 10.8. The van der Waals surface area contributed by atoms with E-state index in [1.807, 2.05) is 23.6 Å². The maximum absolute atomic E-state index is 12.6. The molecule has 0 aliphatic carbocycles. The summed E-state index contributed by atoms with van der Waals surface area (Å²) < 4.78 is 12.9. The zero-order valence-corrected chi connectivity index (χ0v) is 21.7. The van der Waals surface area contributed by atoms with Crippen molar-refractivity contribution in [2.75, 3.05) is 17.7 Å². The number of nitrogens with one attached hydrogen (secondary N) is 1. The molecule has 0 aliphatic rings. The van der Waals surface area contributed by atoms with Crippen molar-refractivity contribution in [3.05, 3.63) is 78.1 Å². The van der Waals surface area contributed by atoms with Crippen molar-refractivity contribution in [1.82, 2.24) is 14.8 Å². The average molecular weight is 509 g/mol. The highest BCUT2D eigenvalue weighted by atomic mass is 32.2. The molecule has 2 aromatic carbocycles. The van der Waals surface area contributed by atoms with E-state index in [4.69, 9.17) is 9.47 Å². The number of ether oxygens (including phenoxy) is 2. The number of nitrogens with zero attached hydrogens (tertiary/aromatic N) is 3. The van der Waals surface area contributed by atoms with Crippen molar-refractivity contribution in [3.8, 4) is 5.75 Å². The molecule has 8 nitrogen and oxygen atoms in total. The van der Waals surface area contributed by atoms with Crippen LogP contribution in [0, 0.1) is 0 Å². The number of benzene rings is 2. The third kappa shape index (κ3) is 7.71. The molecule has 0 aliphatic heterocycles. The van der Waals surface area contributed by atoms with Gasteiger partial charge in [0, 0.05) is 12.2 Å². The SMILES string of the molecule is C=CCn1c(COc2ccc(C(C)C)cc2)nnc1SCC(=O)Nc1cccc(C(=O)OCCC)c1. The van der Waals surface area contributed by atoms with Gasteiger partial charge in [0.25, 0.3) is 0 Å². The van der Waals surface area contributed by atoms with Crippen LogP contribution in [0.15, 0.2) is 66.3 Å². The number of carbonyl (C=O) groups excluding carboxylic acids is 2. The topological polar surface area (TPSA) is 95.3 Å². The minimum absolute atomic E-state index is 0.122. The van der Waals surface area contributed by atoms with E-state index in [1.165, 1.54) is 17.3 Å². The van der Waals surface area contributed by atoms with Gasteiger partial charge in [-0.05, 0) is 48.2 Å². The first-order valence-electron chi connectivity index (χ1n) is 11.9. The first-order valence-corrected chi connectivity index (χ1v) is 12.8. The summed E-state index contributed by atoms with van der Waals surface area (Å²) in [6.07, 6.45) is 2.49. The number of hydrogen-bond acceptors (Lipinski definition) is 7.